The van der Waals surface area contributed by atoms with Gasteiger partial charge in [0.05, 0.1) is 11.4 Å². The van der Waals surface area contributed by atoms with E-state index in [0.29, 0.717) is 10.2 Å². The highest BCUT2D eigenvalue weighted by Crippen LogP contribution is 2.29. The number of rotatable bonds is 7. The van der Waals surface area contributed by atoms with E-state index < -0.39 is 0 Å². The van der Waals surface area contributed by atoms with Gasteiger partial charge in [-0.2, -0.15) is 0 Å². The van der Waals surface area contributed by atoms with Crippen molar-refractivity contribution in [2.45, 2.75) is 22.9 Å². The van der Waals surface area contributed by atoms with E-state index in [4.69, 9.17) is 11.6 Å². The number of aromatic nitrogens is 3. The van der Waals surface area contributed by atoms with E-state index in [0.717, 1.165) is 48.1 Å². The number of halogens is 1. The van der Waals surface area contributed by atoms with Gasteiger partial charge in [0, 0.05) is 28.7 Å². The Hall–Kier alpha value is -2.16. The van der Waals surface area contributed by atoms with Crippen molar-refractivity contribution in [3.63, 3.8) is 0 Å². The minimum Gasteiger partial charge on any atom is -0.341 e. The maximum absolute atomic E-state index is 12.5. The van der Waals surface area contributed by atoms with E-state index in [1.54, 1.807) is 11.8 Å². The molecule has 1 N–H and O–H groups in total. The minimum atomic E-state index is -0.0831. The highest BCUT2D eigenvalue weighted by molar-refractivity contribution is 7.99. The summed E-state index contributed by atoms with van der Waals surface area (Å²) in [6, 6.07) is 15.4. The number of carbonyl (C=O) groups excluding carboxylic acids is 1. The lowest BCUT2D eigenvalue weighted by atomic mass is 10.3. The Bertz CT molecular complexity index is 1020. The number of amides is 1. The molecular formula is C21H22ClN5OS2. The van der Waals surface area contributed by atoms with E-state index >= 15 is 0 Å². The normalized spacial score (nSPS) is 13.6. The van der Waals surface area contributed by atoms with Gasteiger partial charge in [0.25, 0.3) is 0 Å². The van der Waals surface area contributed by atoms with Crippen molar-refractivity contribution in [1.82, 2.24) is 14.8 Å². The first-order valence-corrected chi connectivity index (χ1v) is 12.3. The predicted molar refractivity (Wildman–Crippen MR) is 125 cm³/mol. The molecule has 0 aliphatic carbocycles. The van der Waals surface area contributed by atoms with Gasteiger partial charge < -0.3 is 10.2 Å². The van der Waals surface area contributed by atoms with E-state index in [1.165, 1.54) is 11.8 Å². The lowest BCUT2D eigenvalue weighted by molar-refractivity contribution is -0.113. The first-order chi connectivity index (χ1) is 14.6. The third-order valence-corrected chi connectivity index (χ3v) is 6.69. The molecular weight excluding hydrogens is 438 g/mol. The lowest BCUT2D eigenvalue weighted by Gasteiger charge is -2.18. The van der Waals surface area contributed by atoms with Gasteiger partial charge in [-0.25, -0.2) is 0 Å². The minimum absolute atomic E-state index is 0.0831. The van der Waals surface area contributed by atoms with Crippen LogP contribution in [0.5, 0.6) is 0 Å². The largest absolute Gasteiger partial charge is 0.341 e. The maximum Gasteiger partial charge on any atom is 0.234 e. The number of hydrogen-bond acceptors (Lipinski definition) is 6. The second-order valence-electron chi connectivity index (χ2n) is 6.86. The topological polar surface area (TPSA) is 63.1 Å². The molecule has 0 radical (unpaired) electrons. The molecule has 9 heteroatoms. The zero-order valence-electron chi connectivity index (χ0n) is 16.5. The fraction of sp³-hybridized carbons (Fsp3) is 0.286. The first kappa shape index (κ1) is 21.1. The van der Waals surface area contributed by atoms with Crippen molar-refractivity contribution in [3.05, 3.63) is 53.6 Å². The highest BCUT2D eigenvalue weighted by atomic mass is 35.5. The number of nitrogens with zero attached hydrogens (tertiary/aromatic N) is 4. The summed E-state index contributed by atoms with van der Waals surface area (Å²) < 4.78 is 1.99. The third kappa shape index (κ3) is 4.94. The summed E-state index contributed by atoms with van der Waals surface area (Å²) in [5.74, 6) is 0.953. The SMILES string of the molecule is CSc1ccc(NC(=O)CSc2nnc(N3CCCC3)n2-c2cccc(Cl)c2)cc1. The number of nitrogens with one attached hydrogen (secondary N) is 1. The molecule has 0 saturated carbocycles. The van der Waals surface area contributed by atoms with Crippen LogP contribution in [0.1, 0.15) is 12.8 Å². The Morgan fingerprint density at radius 1 is 1.13 bits per heavy atom. The van der Waals surface area contributed by atoms with Gasteiger partial charge in [-0.15, -0.1) is 22.0 Å². The molecule has 1 amide bonds. The van der Waals surface area contributed by atoms with Crippen LogP contribution in [0.2, 0.25) is 5.02 Å². The smallest absolute Gasteiger partial charge is 0.234 e. The van der Waals surface area contributed by atoms with Crippen LogP contribution in [0.25, 0.3) is 5.69 Å². The summed E-state index contributed by atoms with van der Waals surface area (Å²) in [5.41, 5.74) is 1.68. The second kappa shape index (κ2) is 9.76. The number of thioether (sulfide) groups is 2. The molecule has 1 aliphatic rings. The first-order valence-electron chi connectivity index (χ1n) is 9.67. The van der Waals surface area contributed by atoms with E-state index in [9.17, 15) is 4.79 Å². The standard InChI is InChI=1S/C21H22ClN5OS2/c1-29-18-9-7-16(8-10-18)23-19(28)14-30-21-25-24-20(26-11-2-3-12-26)27(21)17-6-4-5-15(22)13-17/h4-10,13H,2-3,11-12,14H2,1H3,(H,23,28). The summed E-state index contributed by atoms with van der Waals surface area (Å²) >= 11 is 9.26. The molecule has 2 aromatic carbocycles. The molecule has 1 saturated heterocycles. The van der Waals surface area contributed by atoms with Crippen molar-refractivity contribution < 1.29 is 4.79 Å². The van der Waals surface area contributed by atoms with Gasteiger partial charge in [-0.3, -0.25) is 9.36 Å². The molecule has 30 heavy (non-hydrogen) atoms. The maximum atomic E-state index is 12.5. The second-order valence-corrected chi connectivity index (χ2v) is 9.12. The van der Waals surface area contributed by atoms with Gasteiger partial charge in [-0.1, -0.05) is 29.4 Å². The molecule has 6 nitrogen and oxygen atoms in total. The van der Waals surface area contributed by atoms with Crippen molar-refractivity contribution in [2.24, 2.45) is 0 Å². The summed E-state index contributed by atoms with van der Waals surface area (Å²) in [4.78, 5) is 15.9. The molecule has 1 aliphatic heterocycles. The average molecular weight is 460 g/mol. The Labute approximate surface area is 189 Å². The van der Waals surface area contributed by atoms with Crippen molar-refractivity contribution >= 4 is 52.7 Å². The highest BCUT2D eigenvalue weighted by Gasteiger charge is 2.23. The molecule has 0 atom stereocenters. The number of carbonyl (C=O) groups is 1. The van der Waals surface area contributed by atoms with Crippen LogP contribution in [-0.4, -0.2) is 45.8 Å². The molecule has 0 spiro atoms. The van der Waals surface area contributed by atoms with Crippen LogP contribution in [0, 0.1) is 0 Å². The summed E-state index contributed by atoms with van der Waals surface area (Å²) in [6.07, 6.45) is 4.31. The molecule has 0 unspecified atom stereocenters. The Kier molecular flexibility index (Phi) is 6.86. The van der Waals surface area contributed by atoms with Crippen LogP contribution >= 0.6 is 35.1 Å². The van der Waals surface area contributed by atoms with Crippen LogP contribution in [0.15, 0.2) is 58.6 Å². The molecule has 4 rings (SSSR count). The van der Waals surface area contributed by atoms with Gasteiger partial charge >= 0.3 is 0 Å². The fourth-order valence-electron chi connectivity index (χ4n) is 3.32. The zero-order chi connectivity index (χ0) is 20.9. The molecule has 156 valence electrons. The van der Waals surface area contributed by atoms with Gasteiger partial charge in [-0.05, 0) is 61.6 Å². The predicted octanol–water partition coefficient (Wildman–Crippen LogP) is 4.97. The quantitative estimate of drug-likeness (QED) is 0.503. The van der Waals surface area contributed by atoms with Gasteiger partial charge in [0.15, 0.2) is 5.16 Å². The molecule has 2 heterocycles. The van der Waals surface area contributed by atoms with Crippen molar-refractivity contribution in [2.75, 3.05) is 35.3 Å². The van der Waals surface area contributed by atoms with E-state index in [2.05, 4.69) is 20.4 Å². The lowest BCUT2D eigenvalue weighted by Crippen LogP contribution is -2.22. The van der Waals surface area contributed by atoms with Crippen LogP contribution in [0.4, 0.5) is 11.6 Å². The number of hydrogen-bond donors (Lipinski definition) is 1. The summed E-state index contributed by atoms with van der Waals surface area (Å²) in [5, 5.41) is 13.1. The summed E-state index contributed by atoms with van der Waals surface area (Å²) in [6.45, 7) is 1.91. The zero-order valence-corrected chi connectivity index (χ0v) is 18.9. The van der Waals surface area contributed by atoms with Crippen molar-refractivity contribution in [3.8, 4) is 5.69 Å². The van der Waals surface area contributed by atoms with Crippen LogP contribution < -0.4 is 10.2 Å². The fourth-order valence-corrected chi connectivity index (χ4v) is 4.66. The molecule has 1 fully saturated rings. The molecule has 3 aromatic rings. The molecule has 1 aromatic heterocycles. The average Bonchev–Trinajstić information content (AvgIpc) is 3.42. The number of anilines is 2. The molecule has 0 bridgehead atoms. The van der Waals surface area contributed by atoms with Gasteiger partial charge in [0.1, 0.15) is 0 Å². The van der Waals surface area contributed by atoms with E-state index in [-0.39, 0.29) is 11.7 Å². The van der Waals surface area contributed by atoms with Crippen LogP contribution in [0.3, 0.4) is 0 Å². The number of benzene rings is 2. The van der Waals surface area contributed by atoms with Crippen LogP contribution in [-0.2, 0) is 4.79 Å². The Morgan fingerprint density at radius 2 is 1.90 bits per heavy atom. The summed E-state index contributed by atoms with van der Waals surface area (Å²) in [7, 11) is 0. The van der Waals surface area contributed by atoms with Crippen molar-refractivity contribution in [1.29, 1.82) is 0 Å². The Balaban J connectivity index is 1.51. The van der Waals surface area contributed by atoms with Gasteiger partial charge in [0.2, 0.25) is 11.9 Å². The van der Waals surface area contributed by atoms with E-state index in [1.807, 2.05) is 59.4 Å². The third-order valence-electron chi connectivity index (χ3n) is 4.78. The Morgan fingerprint density at radius 3 is 2.60 bits per heavy atom. The monoisotopic (exact) mass is 459 g/mol.